The zero-order chi connectivity index (χ0) is 18.0. The van der Waals surface area contributed by atoms with Crippen molar-refractivity contribution in [2.45, 2.75) is 13.8 Å². The summed E-state index contributed by atoms with van der Waals surface area (Å²) in [7, 11) is 3.35. The number of nitriles is 1. The zero-order valence-electron chi connectivity index (χ0n) is 13.7. The van der Waals surface area contributed by atoms with Crippen LogP contribution in [0.15, 0.2) is 22.6 Å². The molecular weight excluding hydrogens is 312 g/mol. The molecule has 0 atom stereocenters. The molecule has 124 valence electrons. The second kappa shape index (κ2) is 6.42. The van der Waals surface area contributed by atoms with Gasteiger partial charge in [-0.15, -0.1) is 0 Å². The topological polar surface area (TPSA) is 112 Å². The monoisotopic (exact) mass is 328 g/mol. The van der Waals surface area contributed by atoms with Crippen LogP contribution < -0.4 is 10.2 Å². The predicted octanol–water partition coefficient (Wildman–Crippen LogP) is 2.99. The predicted molar refractivity (Wildman–Crippen MR) is 88.3 cm³/mol. The number of nitrogens with zero attached hydrogens (tertiary/aromatic N) is 3. The molecule has 24 heavy (non-hydrogen) atoms. The van der Waals surface area contributed by atoms with Crippen LogP contribution in [0.2, 0.25) is 0 Å². The van der Waals surface area contributed by atoms with E-state index < -0.39 is 10.8 Å². The number of hydrogen-bond acceptors (Lipinski definition) is 6. The van der Waals surface area contributed by atoms with Crippen LogP contribution in [-0.4, -0.2) is 24.9 Å². The van der Waals surface area contributed by atoms with Crippen LogP contribution in [0.3, 0.4) is 0 Å². The van der Waals surface area contributed by atoms with E-state index in [4.69, 9.17) is 9.68 Å². The van der Waals surface area contributed by atoms with Gasteiger partial charge in [-0.1, -0.05) is 0 Å². The summed E-state index contributed by atoms with van der Waals surface area (Å²) in [6.45, 7) is 3.40. The summed E-state index contributed by atoms with van der Waals surface area (Å²) in [5.74, 6) is -0.0266. The minimum Gasteiger partial charge on any atom is -0.444 e. The molecule has 0 aliphatic carbocycles. The van der Waals surface area contributed by atoms with E-state index in [-0.39, 0.29) is 22.7 Å². The third-order valence-corrected chi connectivity index (χ3v) is 3.64. The number of benzene rings is 1. The molecule has 1 N–H and O–H groups in total. The maximum absolute atomic E-state index is 12.3. The molecular formula is C16H16N4O4. The number of nitrogens with one attached hydrogen (secondary N) is 1. The smallest absolute Gasteiger partial charge is 0.293 e. The Hall–Kier alpha value is -3.34. The molecule has 2 rings (SSSR count). The van der Waals surface area contributed by atoms with Crippen molar-refractivity contribution in [3.05, 3.63) is 50.8 Å². The van der Waals surface area contributed by atoms with Crippen molar-refractivity contribution in [2.75, 3.05) is 24.3 Å². The Labute approximate surface area is 138 Å². The fourth-order valence-corrected chi connectivity index (χ4v) is 2.21. The molecule has 2 aromatic rings. The van der Waals surface area contributed by atoms with E-state index in [1.54, 1.807) is 32.8 Å². The normalized spacial score (nSPS) is 10.1. The molecule has 1 amide bonds. The summed E-state index contributed by atoms with van der Waals surface area (Å²) >= 11 is 0. The largest absolute Gasteiger partial charge is 0.444 e. The second-order valence-corrected chi connectivity index (χ2v) is 5.41. The lowest BCUT2D eigenvalue weighted by molar-refractivity contribution is -0.384. The minimum absolute atomic E-state index is 0.0387. The van der Waals surface area contributed by atoms with E-state index in [2.05, 4.69) is 5.32 Å². The van der Waals surface area contributed by atoms with E-state index in [1.165, 1.54) is 18.2 Å². The van der Waals surface area contributed by atoms with E-state index >= 15 is 0 Å². The van der Waals surface area contributed by atoms with Gasteiger partial charge >= 0.3 is 0 Å². The van der Waals surface area contributed by atoms with Crippen LogP contribution in [0.5, 0.6) is 0 Å². The number of carbonyl (C=O) groups excluding carboxylic acids is 1. The van der Waals surface area contributed by atoms with Crippen molar-refractivity contribution in [1.82, 2.24) is 0 Å². The number of furan rings is 1. The van der Waals surface area contributed by atoms with E-state index in [9.17, 15) is 14.9 Å². The number of amides is 1. The summed E-state index contributed by atoms with van der Waals surface area (Å²) in [5, 5.41) is 22.8. The molecule has 0 saturated carbocycles. The number of hydrogen-bond donors (Lipinski definition) is 1. The van der Waals surface area contributed by atoms with Crippen LogP contribution in [0.25, 0.3) is 0 Å². The average molecular weight is 328 g/mol. The van der Waals surface area contributed by atoms with Gasteiger partial charge < -0.3 is 9.32 Å². The summed E-state index contributed by atoms with van der Waals surface area (Å²) in [6, 6.07) is 6.14. The fraction of sp³-hybridized carbons (Fsp3) is 0.250. The molecule has 0 fully saturated rings. The van der Waals surface area contributed by atoms with Gasteiger partial charge in [-0.3, -0.25) is 20.2 Å². The third kappa shape index (κ3) is 3.05. The highest BCUT2D eigenvalue weighted by Crippen LogP contribution is 2.29. The molecule has 0 radical (unpaired) electrons. The maximum Gasteiger partial charge on any atom is 0.293 e. The summed E-state index contributed by atoms with van der Waals surface area (Å²) in [5.41, 5.74) is 1.18. The van der Waals surface area contributed by atoms with Crippen molar-refractivity contribution in [2.24, 2.45) is 0 Å². The van der Waals surface area contributed by atoms with Gasteiger partial charge in [-0.05, 0) is 26.0 Å². The van der Waals surface area contributed by atoms with Gasteiger partial charge in [0.05, 0.1) is 4.92 Å². The van der Waals surface area contributed by atoms with Crippen molar-refractivity contribution >= 4 is 23.2 Å². The number of rotatable bonds is 4. The average Bonchev–Trinajstić information content (AvgIpc) is 2.80. The lowest BCUT2D eigenvalue weighted by atomic mass is 10.1. The Bertz CT molecular complexity index is 862. The number of nitro benzene ring substituents is 1. The molecule has 0 unspecified atom stereocenters. The second-order valence-electron chi connectivity index (χ2n) is 5.41. The molecule has 8 heteroatoms. The quantitative estimate of drug-likeness (QED) is 0.682. The Morgan fingerprint density at radius 2 is 2.04 bits per heavy atom. The molecule has 0 aliphatic rings. The van der Waals surface area contributed by atoms with Gasteiger partial charge in [-0.2, -0.15) is 5.26 Å². The summed E-state index contributed by atoms with van der Waals surface area (Å²) in [4.78, 5) is 24.6. The molecule has 1 aromatic heterocycles. The third-order valence-electron chi connectivity index (χ3n) is 3.64. The number of aryl methyl sites for hydroxylation is 1. The Kier molecular flexibility index (Phi) is 4.55. The minimum atomic E-state index is -0.589. The Morgan fingerprint density at radius 3 is 2.58 bits per heavy atom. The molecule has 8 nitrogen and oxygen atoms in total. The first kappa shape index (κ1) is 17.0. The van der Waals surface area contributed by atoms with Gasteiger partial charge in [0.25, 0.3) is 11.6 Å². The van der Waals surface area contributed by atoms with Crippen LogP contribution in [-0.2, 0) is 0 Å². The summed E-state index contributed by atoms with van der Waals surface area (Å²) in [6.07, 6.45) is 0. The number of carbonyl (C=O) groups is 1. The Morgan fingerprint density at radius 1 is 1.38 bits per heavy atom. The fourth-order valence-electron chi connectivity index (χ4n) is 2.21. The van der Waals surface area contributed by atoms with E-state index in [0.29, 0.717) is 17.0 Å². The number of anilines is 2. The van der Waals surface area contributed by atoms with Crippen molar-refractivity contribution in [3.8, 4) is 6.07 Å². The summed E-state index contributed by atoms with van der Waals surface area (Å²) < 4.78 is 5.37. The van der Waals surface area contributed by atoms with E-state index in [1.807, 2.05) is 6.07 Å². The lowest BCUT2D eigenvalue weighted by Gasteiger charge is -2.13. The number of nitro groups is 1. The van der Waals surface area contributed by atoms with E-state index in [0.717, 1.165) is 0 Å². The maximum atomic E-state index is 12.3. The molecule has 0 spiro atoms. The standard InChI is InChI=1S/C16H16N4O4/c1-9-10(2)24-16(12(9)8-17)18-15(21)11-5-6-13(19(3)4)14(7-11)20(22)23/h5-7H,1-4H3,(H,18,21). The van der Waals surface area contributed by atoms with Gasteiger partial charge in [0, 0.05) is 31.3 Å². The molecule has 0 bridgehead atoms. The van der Waals surface area contributed by atoms with Gasteiger partial charge in [-0.25, -0.2) is 0 Å². The van der Waals surface area contributed by atoms with Crippen LogP contribution in [0.4, 0.5) is 17.3 Å². The highest BCUT2D eigenvalue weighted by atomic mass is 16.6. The van der Waals surface area contributed by atoms with Crippen LogP contribution in [0.1, 0.15) is 27.2 Å². The zero-order valence-corrected chi connectivity index (χ0v) is 13.7. The van der Waals surface area contributed by atoms with Gasteiger partial charge in [0.15, 0.2) is 0 Å². The van der Waals surface area contributed by atoms with Crippen LogP contribution >= 0.6 is 0 Å². The molecule has 0 saturated heterocycles. The van der Waals surface area contributed by atoms with Gasteiger partial charge in [0.1, 0.15) is 23.1 Å². The molecule has 0 aliphatic heterocycles. The van der Waals surface area contributed by atoms with Crippen molar-refractivity contribution < 1.29 is 14.1 Å². The first-order valence-corrected chi connectivity index (χ1v) is 7.03. The Balaban J connectivity index is 2.38. The lowest BCUT2D eigenvalue weighted by Crippen LogP contribution is -2.15. The molecule has 1 aromatic carbocycles. The molecule has 1 heterocycles. The SMILES string of the molecule is Cc1oc(NC(=O)c2ccc(N(C)C)c([N+](=O)[O-])c2)c(C#N)c1C. The van der Waals surface area contributed by atoms with Crippen molar-refractivity contribution in [3.63, 3.8) is 0 Å². The van der Waals surface area contributed by atoms with Crippen molar-refractivity contribution in [1.29, 1.82) is 5.26 Å². The highest BCUT2D eigenvalue weighted by molar-refractivity contribution is 6.05. The first-order chi connectivity index (χ1) is 11.3. The van der Waals surface area contributed by atoms with Gasteiger partial charge in [0.2, 0.25) is 5.88 Å². The van der Waals surface area contributed by atoms with Crippen LogP contribution in [0, 0.1) is 35.3 Å². The highest BCUT2D eigenvalue weighted by Gasteiger charge is 2.21. The first-order valence-electron chi connectivity index (χ1n) is 7.03.